The number of primary amides is 1. The molecule has 0 radical (unpaired) electrons. The Morgan fingerprint density at radius 1 is 1.12 bits per heavy atom. The molecule has 0 saturated heterocycles. The number of benzene rings is 1. The second-order valence-corrected chi connectivity index (χ2v) is 6.72. The van der Waals surface area contributed by atoms with Crippen LogP contribution in [0.1, 0.15) is 50.4 Å². The molecule has 1 atom stereocenters. The summed E-state index contributed by atoms with van der Waals surface area (Å²) in [4.78, 5) is 35.0. The number of ether oxygens (including phenoxy) is 1. The summed E-state index contributed by atoms with van der Waals surface area (Å²) in [5, 5.41) is 5.28. The quantitative estimate of drug-likeness (QED) is 0.623. The van der Waals surface area contributed by atoms with Gasteiger partial charge in [0.05, 0.1) is 0 Å². The lowest BCUT2D eigenvalue weighted by Crippen LogP contribution is -2.46. The SMILES string of the molecule is CC(C)(C)OC(=O)N[C@@H](CCCCNC(=O)c1ccccc1)C(N)=O. The third-order valence-electron chi connectivity index (χ3n) is 3.28. The number of hydrogen-bond acceptors (Lipinski definition) is 4. The van der Waals surface area contributed by atoms with Crippen molar-refractivity contribution in [2.45, 2.75) is 51.7 Å². The van der Waals surface area contributed by atoms with Crippen molar-refractivity contribution >= 4 is 17.9 Å². The monoisotopic (exact) mass is 349 g/mol. The molecule has 7 heteroatoms. The van der Waals surface area contributed by atoms with Gasteiger partial charge in [0, 0.05) is 12.1 Å². The highest BCUT2D eigenvalue weighted by Gasteiger charge is 2.22. The van der Waals surface area contributed by atoms with Gasteiger partial charge in [-0.25, -0.2) is 4.79 Å². The predicted octanol–water partition coefficient (Wildman–Crippen LogP) is 1.97. The van der Waals surface area contributed by atoms with Crippen molar-refractivity contribution in [3.05, 3.63) is 35.9 Å². The van der Waals surface area contributed by atoms with Crippen LogP contribution in [0.25, 0.3) is 0 Å². The van der Waals surface area contributed by atoms with Gasteiger partial charge in [-0.2, -0.15) is 0 Å². The zero-order chi connectivity index (χ0) is 18.9. The summed E-state index contributed by atoms with van der Waals surface area (Å²) < 4.78 is 5.11. The highest BCUT2D eigenvalue weighted by atomic mass is 16.6. The Labute approximate surface area is 148 Å². The molecular formula is C18H27N3O4. The van der Waals surface area contributed by atoms with Crippen molar-refractivity contribution in [2.24, 2.45) is 5.73 Å². The Balaban J connectivity index is 2.30. The zero-order valence-corrected chi connectivity index (χ0v) is 15.0. The van der Waals surface area contributed by atoms with E-state index < -0.39 is 23.6 Å². The van der Waals surface area contributed by atoms with Crippen molar-refractivity contribution in [1.82, 2.24) is 10.6 Å². The zero-order valence-electron chi connectivity index (χ0n) is 15.0. The Morgan fingerprint density at radius 3 is 2.32 bits per heavy atom. The van der Waals surface area contributed by atoms with E-state index in [1.807, 2.05) is 6.07 Å². The van der Waals surface area contributed by atoms with Gasteiger partial charge in [0.2, 0.25) is 5.91 Å². The van der Waals surface area contributed by atoms with Crippen LogP contribution in [0.15, 0.2) is 30.3 Å². The van der Waals surface area contributed by atoms with Crippen LogP contribution in [0.2, 0.25) is 0 Å². The molecule has 7 nitrogen and oxygen atoms in total. The first-order valence-electron chi connectivity index (χ1n) is 8.31. The highest BCUT2D eigenvalue weighted by Crippen LogP contribution is 2.08. The molecule has 0 spiro atoms. The molecule has 1 rings (SSSR count). The topological polar surface area (TPSA) is 111 Å². The van der Waals surface area contributed by atoms with Crippen LogP contribution in [0.4, 0.5) is 4.79 Å². The Morgan fingerprint density at radius 2 is 1.76 bits per heavy atom. The average Bonchev–Trinajstić information content (AvgIpc) is 2.52. The third-order valence-corrected chi connectivity index (χ3v) is 3.28. The average molecular weight is 349 g/mol. The van der Waals surface area contributed by atoms with E-state index in [9.17, 15) is 14.4 Å². The van der Waals surface area contributed by atoms with Crippen LogP contribution in [-0.4, -0.2) is 36.1 Å². The fourth-order valence-corrected chi connectivity index (χ4v) is 2.10. The minimum absolute atomic E-state index is 0.140. The normalized spacial score (nSPS) is 12.1. The maximum absolute atomic E-state index is 11.9. The molecule has 0 saturated carbocycles. The van der Waals surface area contributed by atoms with Gasteiger partial charge in [-0.1, -0.05) is 18.2 Å². The molecule has 3 amide bonds. The van der Waals surface area contributed by atoms with E-state index in [0.717, 1.165) is 0 Å². The molecule has 0 aliphatic rings. The number of amides is 3. The lowest BCUT2D eigenvalue weighted by atomic mass is 10.1. The lowest BCUT2D eigenvalue weighted by molar-refractivity contribution is -0.120. The first-order chi connectivity index (χ1) is 11.7. The standard InChI is InChI=1S/C18H27N3O4/c1-18(2,3)25-17(24)21-14(15(19)22)11-7-8-12-20-16(23)13-9-5-4-6-10-13/h4-6,9-10,14H,7-8,11-12H2,1-3H3,(H2,19,22)(H,20,23)(H,21,24)/t14-/m0/s1. The largest absolute Gasteiger partial charge is 0.444 e. The molecule has 0 aromatic heterocycles. The van der Waals surface area contributed by atoms with Crippen molar-refractivity contribution in [3.8, 4) is 0 Å². The van der Waals surface area contributed by atoms with Crippen molar-refractivity contribution in [3.63, 3.8) is 0 Å². The van der Waals surface area contributed by atoms with E-state index in [-0.39, 0.29) is 5.91 Å². The van der Waals surface area contributed by atoms with Gasteiger partial charge in [0.1, 0.15) is 11.6 Å². The summed E-state index contributed by atoms with van der Waals surface area (Å²) in [5.74, 6) is -0.752. The Bertz CT molecular complexity index is 582. The summed E-state index contributed by atoms with van der Waals surface area (Å²) in [5.41, 5.74) is 5.26. The molecule has 0 heterocycles. The van der Waals surface area contributed by atoms with Gasteiger partial charge in [-0.05, 0) is 52.2 Å². The summed E-state index contributed by atoms with van der Waals surface area (Å²) in [6.45, 7) is 5.69. The van der Waals surface area contributed by atoms with Crippen LogP contribution in [0.3, 0.4) is 0 Å². The van der Waals surface area contributed by atoms with Crippen LogP contribution >= 0.6 is 0 Å². The number of alkyl carbamates (subject to hydrolysis) is 1. The maximum atomic E-state index is 11.9. The van der Waals surface area contributed by atoms with E-state index in [1.165, 1.54) is 0 Å². The first kappa shape index (κ1) is 20.5. The number of nitrogens with one attached hydrogen (secondary N) is 2. The summed E-state index contributed by atoms with van der Waals surface area (Å²) in [7, 11) is 0. The molecule has 0 aliphatic carbocycles. The highest BCUT2D eigenvalue weighted by molar-refractivity contribution is 5.94. The van der Waals surface area contributed by atoms with Crippen molar-refractivity contribution in [1.29, 1.82) is 0 Å². The lowest BCUT2D eigenvalue weighted by Gasteiger charge is -2.22. The number of unbranched alkanes of at least 4 members (excludes halogenated alkanes) is 1. The van der Waals surface area contributed by atoms with Gasteiger partial charge in [0.15, 0.2) is 0 Å². The second kappa shape index (κ2) is 9.66. The van der Waals surface area contributed by atoms with Crippen molar-refractivity contribution in [2.75, 3.05) is 6.54 Å². The summed E-state index contributed by atoms with van der Waals surface area (Å²) in [6, 6.07) is 8.13. The maximum Gasteiger partial charge on any atom is 0.408 e. The van der Waals surface area contributed by atoms with Crippen molar-refractivity contribution < 1.29 is 19.1 Å². The van der Waals surface area contributed by atoms with Gasteiger partial charge in [0.25, 0.3) is 5.91 Å². The number of carbonyl (C=O) groups is 3. The fraction of sp³-hybridized carbons (Fsp3) is 0.500. The van der Waals surface area contributed by atoms with Crippen LogP contribution < -0.4 is 16.4 Å². The molecule has 0 unspecified atom stereocenters. The van der Waals surface area contributed by atoms with Crippen LogP contribution in [0, 0.1) is 0 Å². The van der Waals surface area contributed by atoms with Crippen LogP contribution in [-0.2, 0) is 9.53 Å². The number of nitrogens with two attached hydrogens (primary N) is 1. The van der Waals surface area contributed by atoms with Gasteiger partial charge in [-0.3, -0.25) is 9.59 Å². The molecule has 0 fully saturated rings. The second-order valence-electron chi connectivity index (χ2n) is 6.72. The minimum atomic E-state index is -0.792. The number of rotatable bonds is 8. The molecule has 4 N–H and O–H groups in total. The smallest absolute Gasteiger partial charge is 0.408 e. The molecular weight excluding hydrogens is 322 g/mol. The molecule has 1 aromatic carbocycles. The van der Waals surface area contributed by atoms with Gasteiger partial charge in [-0.15, -0.1) is 0 Å². The van der Waals surface area contributed by atoms with Gasteiger partial charge >= 0.3 is 6.09 Å². The van der Waals surface area contributed by atoms with E-state index in [4.69, 9.17) is 10.5 Å². The predicted molar refractivity (Wildman–Crippen MR) is 95.0 cm³/mol. The van der Waals surface area contributed by atoms with Crippen LogP contribution in [0.5, 0.6) is 0 Å². The molecule has 138 valence electrons. The van der Waals surface area contributed by atoms with E-state index in [0.29, 0.717) is 31.4 Å². The van der Waals surface area contributed by atoms with E-state index >= 15 is 0 Å². The summed E-state index contributed by atoms with van der Waals surface area (Å²) in [6.07, 6.45) is 1.00. The molecule has 0 bridgehead atoms. The van der Waals surface area contributed by atoms with Gasteiger partial charge < -0.3 is 21.1 Å². The minimum Gasteiger partial charge on any atom is -0.444 e. The summed E-state index contributed by atoms with van der Waals surface area (Å²) >= 11 is 0. The third kappa shape index (κ3) is 8.74. The Kier molecular flexibility index (Phi) is 7.91. The Hall–Kier alpha value is -2.57. The fourth-order valence-electron chi connectivity index (χ4n) is 2.10. The number of hydrogen-bond donors (Lipinski definition) is 3. The van der Waals surface area contributed by atoms with E-state index in [1.54, 1.807) is 45.0 Å². The number of carbonyl (C=O) groups excluding carboxylic acids is 3. The molecule has 25 heavy (non-hydrogen) atoms. The molecule has 0 aliphatic heterocycles. The van der Waals surface area contributed by atoms with E-state index in [2.05, 4.69) is 10.6 Å². The first-order valence-corrected chi connectivity index (χ1v) is 8.31. The molecule has 1 aromatic rings.